The molecule has 0 atom stereocenters. The summed E-state index contributed by atoms with van der Waals surface area (Å²) in [4.78, 5) is 34.2. The average molecular weight is 336 g/mol. The number of H-pyrrole nitrogens is 2. The lowest BCUT2D eigenvalue weighted by Gasteiger charge is -2.13. The van der Waals surface area contributed by atoms with Crippen LogP contribution in [0.3, 0.4) is 0 Å². The van der Waals surface area contributed by atoms with Crippen LogP contribution in [0.2, 0.25) is 0 Å². The smallest absolute Gasteiger partial charge is 0.320 e. The zero-order valence-corrected chi connectivity index (χ0v) is 14.0. The number of anilines is 1. The third-order valence-electron chi connectivity index (χ3n) is 4.47. The molecule has 3 aromatic heterocycles. The maximum atomic E-state index is 12.8. The highest BCUT2D eigenvalue weighted by molar-refractivity contribution is 6.09. The lowest BCUT2D eigenvalue weighted by molar-refractivity contribution is 0.102. The van der Waals surface area contributed by atoms with Crippen molar-refractivity contribution >= 4 is 28.3 Å². The van der Waals surface area contributed by atoms with Gasteiger partial charge >= 0.3 is 5.69 Å². The molecule has 1 amide bonds. The number of hydrogen-bond acceptors (Lipinski definition) is 4. The predicted octanol–water partition coefficient (Wildman–Crippen LogP) is 2.08. The van der Waals surface area contributed by atoms with E-state index in [0.717, 1.165) is 11.1 Å². The Kier molecular flexibility index (Phi) is 3.21. The first-order valence-electron chi connectivity index (χ1n) is 7.78. The fourth-order valence-corrected chi connectivity index (χ4v) is 2.96. The number of carbonyl (C=O) groups excluding carboxylic acids is 1. The normalized spacial score (nSPS) is 11.3. The van der Waals surface area contributed by atoms with Gasteiger partial charge in [-0.2, -0.15) is 5.10 Å². The van der Waals surface area contributed by atoms with Gasteiger partial charge < -0.3 is 15.3 Å². The molecule has 1 aromatic carbocycles. The molecule has 25 heavy (non-hydrogen) atoms. The van der Waals surface area contributed by atoms with E-state index >= 15 is 0 Å². The van der Waals surface area contributed by atoms with Crippen molar-refractivity contribution in [3.8, 4) is 0 Å². The van der Waals surface area contributed by atoms with E-state index in [0.29, 0.717) is 33.6 Å². The van der Waals surface area contributed by atoms with Crippen molar-refractivity contribution < 1.29 is 4.79 Å². The van der Waals surface area contributed by atoms with Gasteiger partial charge in [0.2, 0.25) is 0 Å². The van der Waals surface area contributed by atoms with Gasteiger partial charge in [0.15, 0.2) is 5.65 Å². The molecule has 0 radical (unpaired) electrons. The highest BCUT2D eigenvalue weighted by atomic mass is 16.2. The molecule has 3 heterocycles. The van der Waals surface area contributed by atoms with Crippen LogP contribution >= 0.6 is 0 Å². The molecule has 0 saturated carbocycles. The molecule has 0 aliphatic heterocycles. The molecule has 0 aliphatic carbocycles. The Morgan fingerprint density at radius 2 is 2.04 bits per heavy atom. The van der Waals surface area contributed by atoms with Crippen LogP contribution in [-0.2, 0) is 0 Å². The van der Waals surface area contributed by atoms with Crippen molar-refractivity contribution in [1.29, 1.82) is 0 Å². The molecule has 0 saturated heterocycles. The predicted molar refractivity (Wildman–Crippen MR) is 94.1 cm³/mol. The lowest BCUT2D eigenvalue weighted by atomic mass is 10.1. The van der Waals surface area contributed by atoms with Crippen LogP contribution in [0.25, 0.3) is 16.7 Å². The van der Waals surface area contributed by atoms with Gasteiger partial charge in [0, 0.05) is 12.3 Å². The molecular formula is C17H16N6O2. The first kappa shape index (κ1) is 15.1. The summed E-state index contributed by atoms with van der Waals surface area (Å²) in [6.07, 6.45) is 3.17. The number of aryl methyl sites for hydroxylation is 2. The van der Waals surface area contributed by atoms with Gasteiger partial charge in [-0.3, -0.25) is 4.79 Å². The van der Waals surface area contributed by atoms with Crippen LogP contribution in [0.4, 0.5) is 5.69 Å². The van der Waals surface area contributed by atoms with Crippen molar-refractivity contribution in [3.05, 3.63) is 57.4 Å². The van der Waals surface area contributed by atoms with Crippen LogP contribution in [0.15, 0.2) is 29.3 Å². The van der Waals surface area contributed by atoms with E-state index in [1.54, 1.807) is 16.8 Å². The number of nitrogens with one attached hydrogen (secondary N) is 3. The number of benzene rings is 1. The number of aromatic nitrogens is 5. The second-order valence-electron chi connectivity index (χ2n) is 6.01. The Hall–Kier alpha value is -3.42. The average Bonchev–Trinajstić information content (AvgIpc) is 3.18. The lowest BCUT2D eigenvalue weighted by Crippen LogP contribution is -2.17. The van der Waals surface area contributed by atoms with Crippen LogP contribution in [0, 0.1) is 20.8 Å². The van der Waals surface area contributed by atoms with Crippen LogP contribution in [0.1, 0.15) is 27.2 Å². The molecule has 3 N–H and O–H groups in total. The van der Waals surface area contributed by atoms with Gasteiger partial charge in [-0.15, -0.1) is 0 Å². The van der Waals surface area contributed by atoms with E-state index in [1.165, 1.54) is 6.20 Å². The topological polar surface area (TPSA) is 108 Å². The standard InChI is InChI=1S/C17H16N6O2/c1-8-6-12-15(22-17(25)20-12)14(9(8)2)21-16(24)11-7-18-13-4-5-19-23(13)10(11)3/h4-7H,1-3H3,(H,21,24)(H2,20,22,25). The van der Waals surface area contributed by atoms with Crippen molar-refractivity contribution in [2.24, 2.45) is 0 Å². The first-order chi connectivity index (χ1) is 12.0. The minimum absolute atomic E-state index is 0.306. The van der Waals surface area contributed by atoms with Crippen molar-refractivity contribution in [2.75, 3.05) is 5.32 Å². The molecule has 8 heteroatoms. The monoisotopic (exact) mass is 336 g/mol. The molecule has 0 bridgehead atoms. The number of nitrogens with zero attached hydrogens (tertiary/aromatic N) is 3. The first-order valence-corrected chi connectivity index (χ1v) is 7.78. The third kappa shape index (κ3) is 2.30. The van der Waals surface area contributed by atoms with Crippen LogP contribution < -0.4 is 11.0 Å². The molecule has 8 nitrogen and oxygen atoms in total. The molecule has 4 rings (SSSR count). The Labute approximate surface area is 141 Å². The van der Waals surface area contributed by atoms with Gasteiger partial charge in [-0.1, -0.05) is 0 Å². The molecule has 0 spiro atoms. The maximum absolute atomic E-state index is 12.8. The van der Waals surface area contributed by atoms with Crippen LogP contribution in [-0.4, -0.2) is 30.5 Å². The Morgan fingerprint density at radius 1 is 1.24 bits per heavy atom. The minimum atomic E-state index is -0.314. The van der Waals surface area contributed by atoms with E-state index in [2.05, 4.69) is 25.4 Å². The summed E-state index contributed by atoms with van der Waals surface area (Å²) >= 11 is 0. The van der Waals surface area contributed by atoms with Gasteiger partial charge in [0.25, 0.3) is 5.91 Å². The summed E-state index contributed by atoms with van der Waals surface area (Å²) in [6.45, 7) is 5.64. The summed E-state index contributed by atoms with van der Waals surface area (Å²) in [5, 5.41) is 7.09. The SMILES string of the molecule is Cc1cc2[nH]c(=O)[nH]c2c(NC(=O)c2cnc3ccnn3c2C)c1C. The molecule has 0 aliphatic rings. The number of carbonyl (C=O) groups is 1. The Balaban J connectivity index is 1.82. The second-order valence-corrected chi connectivity index (χ2v) is 6.01. The molecule has 4 aromatic rings. The highest BCUT2D eigenvalue weighted by Crippen LogP contribution is 2.27. The fraction of sp³-hybridized carbons (Fsp3) is 0.176. The second kappa shape index (κ2) is 5.30. The van der Waals surface area contributed by atoms with Crippen molar-refractivity contribution in [1.82, 2.24) is 24.6 Å². The van der Waals surface area contributed by atoms with E-state index in [9.17, 15) is 9.59 Å². The molecule has 0 unspecified atom stereocenters. The third-order valence-corrected chi connectivity index (χ3v) is 4.47. The quantitative estimate of drug-likeness (QED) is 0.521. The van der Waals surface area contributed by atoms with Crippen LogP contribution in [0.5, 0.6) is 0 Å². The number of amides is 1. The van der Waals surface area contributed by atoms with E-state index in [4.69, 9.17) is 0 Å². The van der Waals surface area contributed by atoms with E-state index < -0.39 is 0 Å². The molecule has 126 valence electrons. The minimum Gasteiger partial charge on any atom is -0.320 e. The largest absolute Gasteiger partial charge is 0.323 e. The summed E-state index contributed by atoms with van der Waals surface area (Å²) in [7, 11) is 0. The van der Waals surface area contributed by atoms with Gasteiger partial charge in [-0.05, 0) is 38.0 Å². The zero-order valence-electron chi connectivity index (χ0n) is 14.0. The highest BCUT2D eigenvalue weighted by Gasteiger charge is 2.17. The zero-order chi connectivity index (χ0) is 17.7. The Bertz CT molecular complexity index is 1200. The van der Waals surface area contributed by atoms with Crippen molar-refractivity contribution in [2.45, 2.75) is 20.8 Å². The van der Waals surface area contributed by atoms with Crippen molar-refractivity contribution in [3.63, 3.8) is 0 Å². The van der Waals surface area contributed by atoms with E-state index in [1.807, 2.05) is 26.8 Å². The van der Waals surface area contributed by atoms with Gasteiger partial charge in [0.1, 0.15) is 0 Å². The summed E-state index contributed by atoms with van der Waals surface area (Å²) in [5.74, 6) is -0.306. The van der Waals surface area contributed by atoms with E-state index in [-0.39, 0.29) is 11.6 Å². The maximum Gasteiger partial charge on any atom is 0.323 e. The Morgan fingerprint density at radius 3 is 2.84 bits per heavy atom. The van der Waals surface area contributed by atoms with Gasteiger partial charge in [-0.25, -0.2) is 14.3 Å². The molecular weight excluding hydrogens is 320 g/mol. The number of fused-ring (bicyclic) bond motifs is 2. The number of hydrogen-bond donors (Lipinski definition) is 3. The summed E-state index contributed by atoms with van der Waals surface area (Å²) in [5.41, 5.74) is 5.15. The fourth-order valence-electron chi connectivity index (χ4n) is 2.96. The molecule has 0 fully saturated rings. The number of aromatic amines is 2. The summed E-state index contributed by atoms with van der Waals surface area (Å²) < 4.78 is 1.62. The number of imidazole rings is 1. The summed E-state index contributed by atoms with van der Waals surface area (Å²) in [6, 6.07) is 3.65. The van der Waals surface area contributed by atoms with Gasteiger partial charge in [0.05, 0.1) is 34.2 Å². The number of rotatable bonds is 2.